The summed E-state index contributed by atoms with van der Waals surface area (Å²) in [4.78, 5) is 18.2. The minimum absolute atomic E-state index is 0.0820. The molecule has 0 radical (unpaired) electrons. The third-order valence-electron chi connectivity index (χ3n) is 4.38. The van der Waals surface area contributed by atoms with Gasteiger partial charge >= 0.3 is 6.18 Å². The van der Waals surface area contributed by atoms with Crippen LogP contribution < -0.4 is 4.74 Å². The SMILES string of the molecule is Cc1ccc(OC2CCN(C(=O)c3ccccc3C(F)(F)F)CC2)cn1. The molecule has 7 heteroatoms. The number of hydrogen-bond donors (Lipinski definition) is 0. The summed E-state index contributed by atoms with van der Waals surface area (Å²) in [7, 11) is 0. The molecule has 0 bridgehead atoms. The van der Waals surface area contributed by atoms with Crippen LogP contribution in [-0.2, 0) is 6.18 Å². The van der Waals surface area contributed by atoms with Gasteiger partial charge in [0, 0.05) is 31.6 Å². The van der Waals surface area contributed by atoms with Crippen molar-refractivity contribution in [2.24, 2.45) is 0 Å². The molecule has 1 saturated heterocycles. The van der Waals surface area contributed by atoms with Gasteiger partial charge in [0.15, 0.2) is 0 Å². The van der Waals surface area contributed by atoms with E-state index in [9.17, 15) is 18.0 Å². The maximum atomic E-state index is 13.1. The molecule has 4 nitrogen and oxygen atoms in total. The van der Waals surface area contributed by atoms with E-state index in [0.717, 1.165) is 11.8 Å². The Kier molecular flexibility index (Phi) is 5.15. The van der Waals surface area contributed by atoms with Crippen molar-refractivity contribution in [1.29, 1.82) is 0 Å². The molecule has 1 aromatic carbocycles. The summed E-state index contributed by atoms with van der Waals surface area (Å²) < 4.78 is 45.2. The molecule has 138 valence electrons. The number of likely N-dealkylation sites (tertiary alicyclic amines) is 1. The first kappa shape index (κ1) is 18.2. The molecule has 0 spiro atoms. The molecule has 0 N–H and O–H groups in total. The zero-order valence-corrected chi connectivity index (χ0v) is 14.3. The number of aromatic nitrogens is 1. The molecule has 2 heterocycles. The predicted octanol–water partition coefficient (Wildman–Crippen LogP) is 4.09. The Labute approximate surface area is 149 Å². The molecule has 1 aliphatic rings. The topological polar surface area (TPSA) is 42.4 Å². The van der Waals surface area contributed by atoms with Gasteiger partial charge in [-0.1, -0.05) is 12.1 Å². The van der Waals surface area contributed by atoms with Crippen LogP contribution in [-0.4, -0.2) is 35.0 Å². The van der Waals surface area contributed by atoms with E-state index in [1.54, 1.807) is 6.20 Å². The van der Waals surface area contributed by atoms with Gasteiger partial charge < -0.3 is 9.64 Å². The van der Waals surface area contributed by atoms with Crippen LogP contribution in [0, 0.1) is 6.92 Å². The molecule has 26 heavy (non-hydrogen) atoms. The van der Waals surface area contributed by atoms with E-state index in [2.05, 4.69) is 4.98 Å². The molecule has 1 aromatic heterocycles. The largest absolute Gasteiger partial charge is 0.489 e. The second-order valence-electron chi connectivity index (χ2n) is 6.29. The Bertz CT molecular complexity index is 767. The maximum Gasteiger partial charge on any atom is 0.417 e. The fourth-order valence-electron chi connectivity index (χ4n) is 2.98. The number of amides is 1. The van der Waals surface area contributed by atoms with Gasteiger partial charge in [0.05, 0.1) is 17.3 Å². The predicted molar refractivity (Wildman–Crippen MR) is 90.0 cm³/mol. The van der Waals surface area contributed by atoms with Crippen LogP contribution in [0.4, 0.5) is 13.2 Å². The zero-order chi connectivity index (χ0) is 18.7. The summed E-state index contributed by atoms with van der Waals surface area (Å²) in [6.45, 7) is 2.59. The Balaban J connectivity index is 1.63. The average Bonchev–Trinajstić information content (AvgIpc) is 2.63. The van der Waals surface area contributed by atoms with Gasteiger partial charge in [-0.15, -0.1) is 0 Å². The highest BCUT2D eigenvalue weighted by Crippen LogP contribution is 2.32. The third kappa shape index (κ3) is 4.15. The van der Waals surface area contributed by atoms with Crippen molar-refractivity contribution in [3.63, 3.8) is 0 Å². The van der Waals surface area contributed by atoms with Crippen molar-refractivity contribution in [3.05, 3.63) is 59.4 Å². The lowest BCUT2D eigenvalue weighted by Gasteiger charge is -2.32. The van der Waals surface area contributed by atoms with Crippen molar-refractivity contribution in [2.75, 3.05) is 13.1 Å². The smallest absolute Gasteiger partial charge is 0.417 e. The highest BCUT2D eigenvalue weighted by molar-refractivity contribution is 5.96. The lowest BCUT2D eigenvalue weighted by atomic mass is 10.0. The van der Waals surface area contributed by atoms with Gasteiger partial charge in [-0.05, 0) is 31.2 Å². The molecule has 0 aliphatic carbocycles. The number of hydrogen-bond acceptors (Lipinski definition) is 3. The average molecular weight is 364 g/mol. The first-order valence-electron chi connectivity index (χ1n) is 8.39. The van der Waals surface area contributed by atoms with E-state index in [1.807, 2.05) is 19.1 Å². The summed E-state index contributed by atoms with van der Waals surface area (Å²) in [5, 5.41) is 0. The zero-order valence-electron chi connectivity index (χ0n) is 14.3. The van der Waals surface area contributed by atoms with E-state index in [4.69, 9.17) is 4.74 Å². The Morgan fingerprint density at radius 2 is 1.85 bits per heavy atom. The third-order valence-corrected chi connectivity index (χ3v) is 4.38. The summed E-state index contributed by atoms with van der Waals surface area (Å²) in [6.07, 6.45) is -1.86. The van der Waals surface area contributed by atoms with E-state index in [1.165, 1.54) is 23.1 Å². The van der Waals surface area contributed by atoms with Gasteiger partial charge in [-0.25, -0.2) is 0 Å². The number of aryl methyl sites for hydroxylation is 1. The molecule has 1 aliphatic heterocycles. The van der Waals surface area contributed by atoms with Crippen LogP contribution in [0.15, 0.2) is 42.6 Å². The quantitative estimate of drug-likeness (QED) is 0.824. The van der Waals surface area contributed by atoms with Crippen LogP contribution in [0.2, 0.25) is 0 Å². The molecular formula is C19H19F3N2O2. The van der Waals surface area contributed by atoms with Crippen LogP contribution in [0.25, 0.3) is 0 Å². The van der Waals surface area contributed by atoms with Crippen LogP contribution in [0.1, 0.15) is 34.5 Å². The lowest BCUT2D eigenvalue weighted by Crippen LogP contribution is -2.42. The lowest BCUT2D eigenvalue weighted by molar-refractivity contribution is -0.138. The normalized spacial score (nSPS) is 15.8. The highest BCUT2D eigenvalue weighted by Gasteiger charge is 2.36. The van der Waals surface area contributed by atoms with Gasteiger partial charge in [0.25, 0.3) is 5.91 Å². The minimum Gasteiger partial charge on any atom is -0.489 e. The Morgan fingerprint density at radius 3 is 2.46 bits per heavy atom. The summed E-state index contributed by atoms with van der Waals surface area (Å²) >= 11 is 0. The van der Waals surface area contributed by atoms with Gasteiger partial charge in [-0.2, -0.15) is 13.2 Å². The standard InChI is InChI=1S/C19H19F3N2O2/c1-13-6-7-15(12-23-13)26-14-8-10-24(11-9-14)18(25)16-4-2-3-5-17(16)19(20,21)22/h2-7,12,14H,8-11H2,1H3. The van der Waals surface area contributed by atoms with Gasteiger partial charge in [0.1, 0.15) is 11.9 Å². The molecule has 0 saturated carbocycles. The summed E-state index contributed by atoms with van der Waals surface area (Å²) in [5.74, 6) is 0.0659. The first-order chi connectivity index (χ1) is 12.3. The number of pyridine rings is 1. The number of benzene rings is 1. The Hall–Kier alpha value is -2.57. The van der Waals surface area contributed by atoms with E-state index >= 15 is 0 Å². The number of piperidine rings is 1. The number of ether oxygens (including phenoxy) is 1. The van der Waals surface area contributed by atoms with Crippen LogP contribution in [0.3, 0.4) is 0 Å². The second-order valence-corrected chi connectivity index (χ2v) is 6.29. The molecular weight excluding hydrogens is 345 g/mol. The molecule has 1 amide bonds. The van der Waals surface area contributed by atoms with Crippen molar-refractivity contribution in [1.82, 2.24) is 9.88 Å². The molecule has 0 atom stereocenters. The van der Waals surface area contributed by atoms with Crippen LogP contribution in [0.5, 0.6) is 5.75 Å². The van der Waals surface area contributed by atoms with E-state index in [-0.39, 0.29) is 11.7 Å². The number of alkyl halides is 3. The second kappa shape index (κ2) is 7.35. The Morgan fingerprint density at radius 1 is 1.15 bits per heavy atom. The van der Waals surface area contributed by atoms with Crippen molar-refractivity contribution >= 4 is 5.91 Å². The van der Waals surface area contributed by atoms with E-state index in [0.29, 0.717) is 31.7 Å². The van der Waals surface area contributed by atoms with Gasteiger partial charge in [0.2, 0.25) is 0 Å². The molecule has 1 fully saturated rings. The van der Waals surface area contributed by atoms with E-state index < -0.39 is 17.6 Å². The number of rotatable bonds is 3. The summed E-state index contributed by atoms with van der Waals surface area (Å²) in [6, 6.07) is 8.58. The van der Waals surface area contributed by atoms with Crippen LogP contribution >= 0.6 is 0 Å². The molecule has 3 rings (SSSR count). The molecule has 2 aromatic rings. The van der Waals surface area contributed by atoms with Gasteiger partial charge in [-0.3, -0.25) is 9.78 Å². The fourth-order valence-corrected chi connectivity index (χ4v) is 2.98. The number of carbonyl (C=O) groups excluding carboxylic acids is 1. The minimum atomic E-state index is -4.55. The first-order valence-corrected chi connectivity index (χ1v) is 8.39. The fraction of sp³-hybridized carbons (Fsp3) is 0.368. The maximum absolute atomic E-state index is 13.1. The molecule has 0 unspecified atom stereocenters. The van der Waals surface area contributed by atoms with Crippen molar-refractivity contribution in [3.8, 4) is 5.75 Å². The summed E-state index contributed by atoms with van der Waals surface area (Å²) in [5.41, 5.74) is -0.308. The van der Waals surface area contributed by atoms with Crippen molar-refractivity contribution < 1.29 is 22.7 Å². The monoisotopic (exact) mass is 364 g/mol. The number of nitrogens with zero attached hydrogens (tertiary/aromatic N) is 2. The number of carbonyl (C=O) groups is 1. The number of halogens is 3. The highest BCUT2D eigenvalue weighted by atomic mass is 19.4. The van der Waals surface area contributed by atoms with Crippen molar-refractivity contribution in [2.45, 2.75) is 32.0 Å².